The van der Waals surface area contributed by atoms with Crippen molar-refractivity contribution in [1.29, 1.82) is 0 Å². The first-order chi connectivity index (χ1) is 9.20. The number of furan rings is 1. The van der Waals surface area contributed by atoms with E-state index in [1.807, 2.05) is 6.92 Å². The van der Waals surface area contributed by atoms with Crippen molar-refractivity contribution in [1.82, 2.24) is 0 Å². The number of hydrogen-bond donors (Lipinski definition) is 0. The van der Waals surface area contributed by atoms with Crippen molar-refractivity contribution in [3.05, 3.63) is 52.3 Å². The molecule has 1 heterocycles. The lowest BCUT2D eigenvalue weighted by molar-refractivity contribution is -0.384. The Morgan fingerprint density at radius 3 is 3.00 bits per heavy atom. The highest BCUT2D eigenvalue weighted by Crippen LogP contribution is 2.25. The topological polar surface area (TPSA) is 77.9 Å². The predicted molar refractivity (Wildman–Crippen MR) is 70.0 cm³/mol. The normalized spacial score (nSPS) is 10.8. The maximum Gasteiger partial charge on any atom is 0.270 e. The van der Waals surface area contributed by atoms with Gasteiger partial charge >= 0.3 is 0 Å². The molecule has 0 aliphatic carbocycles. The Morgan fingerprint density at radius 1 is 1.42 bits per heavy atom. The summed E-state index contributed by atoms with van der Waals surface area (Å²) in [5, 5.41) is 14.4. The van der Waals surface area contributed by atoms with Gasteiger partial charge in [0.2, 0.25) is 0 Å². The quantitative estimate of drug-likeness (QED) is 0.469. The van der Waals surface area contributed by atoms with Gasteiger partial charge in [0.05, 0.1) is 4.92 Å². The van der Waals surface area contributed by atoms with Crippen molar-refractivity contribution in [3.63, 3.8) is 0 Å². The van der Waals surface area contributed by atoms with Gasteiger partial charge in [0.25, 0.3) is 5.69 Å². The first-order valence-corrected chi connectivity index (χ1v) is 5.70. The van der Waals surface area contributed by atoms with Crippen molar-refractivity contribution < 1.29 is 14.2 Å². The molecule has 0 unspecified atom stereocenters. The van der Waals surface area contributed by atoms with Crippen LogP contribution >= 0.6 is 0 Å². The maximum absolute atomic E-state index is 10.7. The zero-order chi connectivity index (χ0) is 13.7. The van der Waals surface area contributed by atoms with Crippen LogP contribution in [0.1, 0.15) is 12.7 Å². The summed E-state index contributed by atoms with van der Waals surface area (Å²) in [5.74, 6) is 1.07. The van der Waals surface area contributed by atoms with E-state index >= 15 is 0 Å². The predicted octanol–water partition coefficient (Wildman–Crippen LogP) is 3.23. The van der Waals surface area contributed by atoms with E-state index in [9.17, 15) is 10.1 Å². The zero-order valence-electron chi connectivity index (χ0n) is 10.3. The Labute approximate surface area is 109 Å². The van der Waals surface area contributed by atoms with E-state index < -0.39 is 4.92 Å². The third kappa shape index (κ3) is 3.19. The Balaban J connectivity index is 2.22. The highest BCUT2D eigenvalue weighted by Gasteiger charge is 2.09. The first kappa shape index (κ1) is 12.8. The van der Waals surface area contributed by atoms with Gasteiger partial charge in [-0.3, -0.25) is 10.1 Å². The van der Waals surface area contributed by atoms with Crippen molar-refractivity contribution >= 4 is 11.9 Å². The summed E-state index contributed by atoms with van der Waals surface area (Å²) >= 11 is 0. The molecule has 0 spiro atoms. The molecule has 0 radical (unpaired) electrons. The molecule has 19 heavy (non-hydrogen) atoms. The second kappa shape index (κ2) is 5.81. The van der Waals surface area contributed by atoms with E-state index in [2.05, 4.69) is 5.16 Å². The molecule has 0 aliphatic heterocycles. The van der Waals surface area contributed by atoms with Crippen molar-refractivity contribution in [3.8, 4) is 11.3 Å². The Bertz CT molecular complexity index is 604. The average molecular weight is 260 g/mol. The summed E-state index contributed by atoms with van der Waals surface area (Å²) in [6, 6.07) is 9.70. The molecule has 2 aromatic rings. The number of benzene rings is 1. The van der Waals surface area contributed by atoms with Crippen LogP contribution in [-0.2, 0) is 4.84 Å². The van der Waals surface area contributed by atoms with E-state index in [-0.39, 0.29) is 5.69 Å². The van der Waals surface area contributed by atoms with Gasteiger partial charge in [0, 0.05) is 17.7 Å². The molecule has 6 nitrogen and oxygen atoms in total. The van der Waals surface area contributed by atoms with E-state index in [0.29, 0.717) is 23.7 Å². The SMILES string of the molecule is CCO/N=C/c1ccc(-c2cccc([N+](=O)[O-])c2)o1. The molecule has 1 aromatic carbocycles. The first-order valence-electron chi connectivity index (χ1n) is 5.70. The molecule has 1 aromatic heterocycles. The van der Waals surface area contributed by atoms with E-state index in [1.54, 1.807) is 24.3 Å². The number of hydrogen-bond acceptors (Lipinski definition) is 5. The van der Waals surface area contributed by atoms with Crippen LogP contribution < -0.4 is 0 Å². The number of nitrogens with zero attached hydrogens (tertiary/aromatic N) is 2. The standard InChI is InChI=1S/C13H12N2O4/c1-2-18-14-9-12-6-7-13(19-12)10-4-3-5-11(8-10)15(16)17/h3-9H,2H2,1H3/b14-9+. The molecule has 6 heteroatoms. The molecule has 0 atom stereocenters. The van der Waals surface area contributed by atoms with Crippen LogP contribution in [0.25, 0.3) is 11.3 Å². The van der Waals surface area contributed by atoms with Crippen LogP contribution in [0.5, 0.6) is 0 Å². The van der Waals surface area contributed by atoms with Crippen molar-refractivity contribution in [2.75, 3.05) is 6.61 Å². The smallest absolute Gasteiger partial charge is 0.270 e. The fourth-order valence-corrected chi connectivity index (χ4v) is 1.51. The van der Waals surface area contributed by atoms with Crippen LogP contribution in [0.15, 0.2) is 46.0 Å². The summed E-state index contributed by atoms with van der Waals surface area (Å²) in [6.07, 6.45) is 1.45. The molecule has 0 aliphatic rings. The lowest BCUT2D eigenvalue weighted by Gasteiger charge is -1.96. The summed E-state index contributed by atoms with van der Waals surface area (Å²) in [5.41, 5.74) is 0.670. The van der Waals surface area contributed by atoms with E-state index in [1.165, 1.54) is 18.3 Å². The average Bonchev–Trinajstić information content (AvgIpc) is 2.88. The molecule has 0 N–H and O–H groups in total. The number of nitro benzene ring substituents is 1. The van der Waals surface area contributed by atoms with Crippen LogP contribution in [0, 0.1) is 10.1 Å². The summed E-state index contributed by atoms with van der Waals surface area (Å²) in [7, 11) is 0. The summed E-state index contributed by atoms with van der Waals surface area (Å²) in [4.78, 5) is 15.1. The molecule has 0 bridgehead atoms. The van der Waals surface area contributed by atoms with Crippen LogP contribution in [0.2, 0.25) is 0 Å². The molecule has 0 saturated heterocycles. The second-order valence-corrected chi connectivity index (χ2v) is 3.66. The number of rotatable bonds is 5. The molecule has 2 rings (SSSR count). The highest BCUT2D eigenvalue weighted by molar-refractivity contribution is 5.77. The molecule has 98 valence electrons. The molecular formula is C13H12N2O4. The van der Waals surface area contributed by atoms with Gasteiger partial charge < -0.3 is 9.25 Å². The van der Waals surface area contributed by atoms with Gasteiger partial charge in [-0.15, -0.1) is 0 Å². The third-order valence-corrected chi connectivity index (χ3v) is 2.35. The van der Waals surface area contributed by atoms with Gasteiger partial charge in [-0.25, -0.2) is 0 Å². The molecule has 0 saturated carbocycles. The van der Waals surface area contributed by atoms with Crippen molar-refractivity contribution in [2.45, 2.75) is 6.92 Å². The number of nitro groups is 1. The number of non-ortho nitro benzene ring substituents is 1. The largest absolute Gasteiger partial charge is 0.455 e. The minimum absolute atomic E-state index is 0.0263. The van der Waals surface area contributed by atoms with Gasteiger partial charge in [-0.1, -0.05) is 17.3 Å². The molecule has 0 amide bonds. The van der Waals surface area contributed by atoms with Gasteiger partial charge in [0.1, 0.15) is 24.3 Å². The Hall–Kier alpha value is -2.63. The Kier molecular flexibility index (Phi) is 3.92. The third-order valence-electron chi connectivity index (χ3n) is 2.35. The van der Waals surface area contributed by atoms with Gasteiger partial charge in [-0.05, 0) is 19.1 Å². The molecular weight excluding hydrogens is 248 g/mol. The maximum atomic E-state index is 10.7. The lowest BCUT2D eigenvalue weighted by Crippen LogP contribution is -1.87. The van der Waals surface area contributed by atoms with Gasteiger partial charge in [0.15, 0.2) is 0 Å². The zero-order valence-corrected chi connectivity index (χ0v) is 10.3. The van der Waals surface area contributed by atoms with E-state index in [0.717, 1.165) is 0 Å². The highest BCUT2D eigenvalue weighted by atomic mass is 16.6. The Morgan fingerprint density at radius 2 is 2.26 bits per heavy atom. The fourth-order valence-electron chi connectivity index (χ4n) is 1.51. The summed E-state index contributed by atoms with van der Waals surface area (Å²) in [6.45, 7) is 2.31. The number of oxime groups is 1. The minimum Gasteiger partial charge on any atom is -0.455 e. The minimum atomic E-state index is -0.441. The van der Waals surface area contributed by atoms with Crippen LogP contribution in [-0.4, -0.2) is 17.7 Å². The molecule has 0 fully saturated rings. The van der Waals surface area contributed by atoms with E-state index in [4.69, 9.17) is 9.25 Å². The van der Waals surface area contributed by atoms with Crippen LogP contribution in [0.3, 0.4) is 0 Å². The summed E-state index contributed by atoms with van der Waals surface area (Å²) < 4.78 is 5.50. The second-order valence-electron chi connectivity index (χ2n) is 3.66. The fraction of sp³-hybridized carbons (Fsp3) is 0.154. The van der Waals surface area contributed by atoms with Crippen LogP contribution in [0.4, 0.5) is 5.69 Å². The van der Waals surface area contributed by atoms with Crippen molar-refractivity contribution in [2.24, 2.45) is 5.16 Å². The monoisotopic (exact) mass is 260 g/mol. The van der Waals surface area contributed by atoms with Gasteiger partial charge in [-0.2, -0.15) is 0 Å². The lowest BCUT2D eigenvalue weighted by atomic mass is 10.1.